The second kappa shape index (κ2) is 6.29. The zero-order chi connectivity index (χ0) is 15.5. The van der Waals surface area contributed by atoms with Gasteiger partial charge in [-0.1, -0.05) is 18.2 Å². The van der Waals surface area contributed by atoms with Crippen LogP contribution in [0.3, 0.4) is 0 Å². The van der Waals surface area contributed by atoms with E-state index in [1.807, 2.05) is 41.2 Å². The lowest BCUT2D eigenvalue weighted by Gasteiger charge is -2.29. The number of nitrogens with zero attached hydrogens (tertiary/aromatic N) is 3. The van der Waals surface area contributed by atoms with Crippen molar-refractivity contribution < 1.29 is 9.53 Å². The molecule has 0 saturated heterocycles. The van der Waals surface area contributed by atoms with Gasteiger partial charge in [0.2, 0.25) is 5.91 Å². The number of amides is 1. The second-order valence-electron chi connectivity index (χ2n) is 5.44. The molecule has 1 unspecified atom stereocenters. The molecular formula is C16H20N4O2. The number of nitrogens with two attached hydrogens (primary N) is 1. The average molecular weight is 300 g/mol. The Morgan fingerprint density at radius 3 is 2.91 bits per heavy atom. The maximum atomic E-state index is 12.3. The number of hydrogen-bond acceptors (Lipinski definition) is 4. The fourth-order valence-electron chi connectivity index (χ4n) is 2.80. The first-order valence-electron chi connectivity index (χ1n) is 7.35. The quantitative estimate of drug-likeness (QED) is 0.903. The van der Waals surface area contributed by atoms with Gasteiger partial charge in [0.15, 0.2) is 0 Å². The molecule has 1 atom stereocenters. The van der Waals surface area contributed by atoms with Gasteiger partial charge in [-0.3, -0.25) is 4.79 Å². The monoisotopic (exact) mass is 300 g/mol. The molecule has 0 radical (unpaired) electrons. The van der Waals surface area contributed by atoms with Crippen molar-refractivity contribution in [1.82, 2.24) is 14.7 Å². The summed E-state index contributed by atoms with van der Waals surface area (Å²) in [5.41, 5.74) is 9.12. The number of aromatic nitrogens is 2. The number of ether oxygens (including phenoxy) is 1. The van der Waals surface area contributed by atoms with E-state index in [4.69, 9.17) is 10.5 Å². The molecule has 6 heteroatoms. The highest BCUT2D eigenvalue weighted by molar-refractivity contribution is 5.82. The molecule has 2 N–H and O–H groups in total. The van der Waals surface area contributed by atoms with E-state index in [2.05, 4.69) is 5.10 Å². The molecule has 3 rings (SSSR count). The Morgan fingerprint density at radius 1 is 1.41 bits per heavy atom. The lowest BCUT2D eigenvalue weighted by atomic mass is 10.1. The van der Waals surface area contributed by atoms with Crippen LogP contribution in [0.5, 0.6) is 0 Å². The molecule has 0 fully saturated rings. The summed E-state index contributed by atoms with van der Waals surface area (Å²) >= 11 is 0. The molecule has 0 saturated carbocycles. The Morgan fingerprint density at radius 2 is 2.18 bits per heavy atom. The maximum Gasteiger partial charge on any atom is 0.242 e. The minimum atomic E-state index is -0.601. The van der Waals surface area contributed by atoms with E-state index in [0.29, 0.717) is 13.1 Å². The van der Waals surface area contributed by atoms with Crippen LogP contribution < -0.4 is 5.73 Å². The van der Waals surface area contributed by atoms with E-state index < -0.39 is 6.04 Å². The van der Waals surface area contributed by atoms with Crippen molar-refractivity contribution in [3.63, 3.8) is 0 Å². The summed E-state index contributed by atoms with van der Waals surface area (Å²) in [5.74, 6) is -0.0695. The molecule has 1 aromatic carbocycles. The highest BCUT2D eigenvalue weighted by atomic mass is 16.5. The normalized spacial score (nSPS) is 15.5. The molecule has 1 amide bonds. The van der Waals surface area contributed by atoms with Gasteiger partial charge in [0.1, 0.15) is 6.04 Å². The Hall–Kier alpha value is -2.18. The first-order chi connectivity index (χ1) is 10.7. The van der Waals surface area contributed by atoms with Crippen LogP contribution in [0.1, 0.15) is 11.3 Å². The average Bonchev–Trinajstić information content (AvgIpc) is 2.98. The molecule has 116 valence electrons. The summed E-state index contributed by atoms with van der Waals surface area (Å²) in [6, 6.07) is 9.42. The molecule has 1 aromatic heterocycles. The molecule has 0 bridgehead atoms. The lowest BCUT2D eigenvalue weighted by Crippen LogP contribution is -2.47. The first-order valence-corrected chi connectivity index (χ1v) is 7.35. The Kier molecular flexibility index (Phi) is 4.22. The predicted molar refractivity (Wildman–Crippen MR) is 82.5 cm³/mol. The van der Waals surface area contributed by atoms with E-state index in [0.717, 1.165) is 23.4 Å². The second-order valence-corrected chi connectivity index (χ2v) is 5.44. The van der Waals surface area contributed by atoms with Gasteiger partial charge in [-0.2, -0.15) is 5.10 Å². The molecule has 2 aromatic rings. The van der Waals surface area contributed by atoms with Crippen molar-refractivity contribution in [1.29, 1.82) is 0 Å². The molecule has 1 aliphatic heterocycles. The van der Waals surface area contributed by atoms with Gasteiger partial charge in [-0.05, 0) is 12.1 Å². The van der Waals surface area contributed by atoms with Gasteiger partial charge >= 0.3 is 0 Å². The van der Waals surface area contributed by atoms with E-state index in [9.17, 15) is 4.79 Å². The van der Waals surface area contributed by atoms with Crippen LogP contribution in [0.25, 0.3) is 5.69 Å². The minimum Gasteiger partial charge on any atom is -0.383 e. The zero-order valence-corrected chi connectivity index (χ0v) is 12.6. The van der Waals surface area contributed by atoms with Gasteiger partial charge in [0.25, 0.3) is 0 Å². The Bertz CT molecular complexity index is 653. The van der Waals surface area contributed by atoms with Crippen LogP contribution in [-0.2, 0) is 22.5 Å². The van der Waals surface area contributed by atoms with Crippen LogP contribution >= 0.6 is 0 Å². The molecule has 22 heavy (non-hydrogen) atoms. The lowest BCUT2D eigenvalue weighted by molar-refractivity contribution is -0.134. The van der Waals surface area contributed by atoms with Gasteiger partial charge in [-0.15, -0.1) is 0 Å². The molecule has 1 aliphatic rings. The molecule has 2 heterocycles. The highest BCUT2D eigenvalue weighted by Crippen LogP contribution is 2.22. The maximum absolute atomic E-state index is 12.3. The fourth-order valence-corrected chi connectivity index (χ4v) is 2.80. The number of para-hydroxylation sites is 1. The van der Waals surface area contributed by atoms with Gasteiger partial charge < -0.3 is 15.4 Å². The first kappa shape index (κ1) is 14.7. The third kappa shape index (κ3) is 2.75. The van der Waals surface area contributed by atoms with Crippen molar-refractivity contribution >= 4 is 5.91 Å². The molecule has 0 spiro atoms. The molecule has 0 aliphatic carbocycles. The van der Waals surface area contributed by atoms with Crippen LogP contribution in [0.15, 0.2) is 36.5 Å². The van der Waals surface area contributed by atoms with E-state index in [1.165, 1.54) is 0 Å². The van der Waals surface area contributed by atoms with Crippen molar-refractivity contribution in [3.8, 4) is 5.69 Å². The topological polar surface area (TPSA) is 73.4 Å². The largest absolute Gasteiger partial charge is 0.383 e. The highest BCUT2D eigenvalue weighted by Gasteiger charge is 2.27. The van der Waals surface area contributed by atoms with E-state index in [-0.39, 0.29) is 12.5 Å². The third-order valence-electron chi connectivity index (χ3n) is 3.91. The van der Waals surface area contributed by atoms with Gasteiger partial charge in [0, 0.05) is 32.2 Å². The van der Waals surface area contributed by atoms with E-state index >= 15 is 0 Å². The third-order valence-corrected chi connectivity index (χ3v) is 3.91. The smallest absolute Gasteiger partial charge is 0.242 e. The van der Waals surface area contributed by atoms with Crippen LogP contribution in [0, 0.1) is 0 Å². The summed E-state index contributed by atoms with van der Waals surface area (Å²) in [6.07, 6.45) is 2.61. The van der Waals surface area contributed by atoms with Crippen LogP contribution in [0.2, 0.25) is 0 Å². The number of hydrogen-bond donors (Lipinski definition) is 1. The van der Waals surface area contributed by atoms with Crippen molar-refractivity contribution in [2.45, 2.75) is 19.0 Å². The Labute approximate surface area is 129 Å². The number of benzene rings is 1. The Balaban J connectivity index is 1.78. The van der Waals surface area contributed by atoms with E-state index in [1.54, 1.807) is 12.0 Å². The number of methoxy groups -OCH3 is 1. The van der Waals surface area contributed by atoms with Crippen molar-refractivity contribution in [3.05, 3.63) is 47.8 Å². The molecule has 6 nitrogen and oxygen atoms in total. The summed E-state index contributed by atoms with van der Waals surface area (Å²) < 4.78 is 6.91. The number of carbonyl (C=O) groups excluding carboxylic acids is 1. The molecular weight excluding hydrogens is 280 g/mol. The van der Waals surface area contributed by atoms with Gasteiger partial charge in [0.05, 0.1) is 24.2 Å². The SMILES string of the molecule is COCC(N)C(=O)N1CCc2c(cnn2-c2ccccc2)C1. The van der Waals surface area contributed by atoms with Crippen molar-refractivity contribution in [2.75, 3.05) is 20.3 Å². The summed E-state index contributed by atoms with van der Waals surface area (Å²) in [4.78, 5) is 14.0. The summed E-state index contributed by atoms with van der Waals surface area (Å²) in [6.45, 7) is 1.45. The standard InChI is InChI=1S/C16H20N4O2/c1-22-11-14(17)16(21)19-8-7-15-12(10-19)9-18-20(15)13-5-3-2-4-6-13/h2-6,9,14H,7-8,10-11,17H2,1H3. The summed E-state index contributed by atoms with van der Waals surface area (Å²) in [7, 11) is 1.55. The van der Waals surface area contributed by atoms with Crippen molar-refractivity contribution in [2.24, 2.45) is 5.73 Å². The number of carbonyl (C=O) groups is 1. The van der Waals surface area contributed by atoms with Crippen LogP contribution in [0.4, 0.5) is 0 Å². The number of fused-ring (bicyclic) bond motifs is 1. The fraction of sp³-hybridized carbons (Fsp3) is 0.375. The van der Waals surface area contributed by atoms with Crippen LogP contribution in [-0.4, -0.2) is 46.9 Å². The predicted octanol–water partition coefficient (Wildman–Crippen LogP) is 0.731. The zero-order valence-electron chi connectivity index (χ0n) is 12.6. The van der Waals surface area contributed by atoms with Gasteiger partial charge in [-0.25, -0.2) is 4.68 Å². The number of rotatable bonds is 4. The summed E-state index contributed by atoms with van der Waals surface area (Å²) in [5, 5.41) is 4.47. The minimum absolute atomic E-state index is 0.0695.